The largest absolute Gasteiger partial charge is 0.486 e. The normalized spacial score (nSPS) is 17.9. The first-order chi connectivity index (χ1) is 11.3. The van der Waals surface area contributed by atoms with Crippen LogP contribution in [0, 0.1) is 0 Å². The Bertz CT molecular complexity index is 818. The summed E-state index contributed by atoms with van der Waals surface area (Å²) in [6, 6.07) is 4.39. The lowest BCUT2D eigenvalue weighted by molar-refractivity contribution is 0.171. The summed E-state index contributed by atoms with van der Waals surface area (Å²) in [4.78, 5) is 0.0593. The maximum Gasteiger partial charge on any atom is 0.240 e. The van der Waals surface area contributed by atoms with Crippen molar-refractivity contribution >= 4 is 20.0 Å². The third-order valence-electron chi connectivity index (χ3n) is 3.83. The number of benzene rings is 1. The maximum atomic E-state index is 12.4. The molecule has 0 amide bonds. The van der Waals surface area contributed by atoms with Crippen molar-refractivity contribution in [2.75, 3.05) is 32.6 Å². The molecular formula is C14H20N2O6S2. The van der Waals surface area contributed by atoms with Crippen LogP contribution in [0.15, 0.2) is 23.1 Å². The Morgan fingerprint density at radius 3 is 2.42 bits per heavy atom. The number of rotatable bonds is 7. The Kier molecular flexibility index (Phi) is 4.73. The predicted molar refractivity (Wildman–Crippen MR) is 87.2 cm³/mol. The Hall–Kier alpha value is -1.36. The van der Waals surface area contributed by atoms with E-state index in [4.69, 9.17) is 9.47 Å². The number of nitrogens with one attached hydrogen (secondary N) is 1. The minimum Gasteiger partial charge on any atom is -0.486 e. The Morgan fingerprint density at radius 2 is 1.79 bits per heavy atom. The SMILES string of the molecule is CS(=O)(=O)N(CCNS(=O)(=O)c1ccc2c(c1)OCCO2)C1CC1. The highest BCUT2D eigenvalue weighted by atomic mass is 32.2. The lowest BCUT2D eigenvalue weighted by Gasteiger charge is -2.20. The zero-order valence-electron chi connectivity index (χ0n) is 13.3. The molecule has 134 valence electrons. The van der Waals surface area contributed by atoms with Crippen LogP contribution in [0.5, 0.6) is 11.5 Å². The van der Waals surface area contributed by atoms with Gasteiger partial charge in [-0.2, -0.15) is 4.31 Å². The lowest BCUT2D eigenvalue weighted by Crippen LogP contribution is -2.39. The van der Waals surface area contributed by atoms with E-state index in [0.717, 1.165) is 19.1 Å². The highest BCUT2D eigenvalue weighted by Crippen LogP contribution is 2.32. The van der Waals surface area contributed by atoms with Crippen molar-refractivity contribution in [3.63, 3.8) is 0 Å². The molecule has 3 rings (SSSR count). The molecule has 1 saturated carbocycles. The zero-order chi connectivity index (χ0) is 17.4. The molecule has 1 aromatic rings. The molecule has 0 saturated heterocycles. The van der Waals surface area contributed by atoms with Gasteiger partial charge in [0.1, 0.15) is 13.2 Å². The summed E-state index contributed by atoms with van der Waals surface area (Å²) < 4.78 is 62.7. The molecule has 0 radical (unpaired) electrons. The van der Waals surface area contributed by atoms with Crippen molar-refractivity contribution in [2.24, 2.45) is 0 Å². The topological polar surface area (TPSA) is 102 Å². The molecule has 1 aromatic carbocycles. The van der Waals surface area contributed by atoms with Gasteiger partial charge in [-0.15, -0.1) is 0 Å². The summed E-state index contributed by atoms with van der Waals surface area (Å²) in [7, 11) is -7.08. The standard InChI is InChI=1S/C14H20N2O6S2/c1-23(17,18)16(11-2-3-11)7-6-15-24(19,20)12-4-5-13-14(10-12)22-9-8-21-13/h4-5,10-11,15H,2-3,6-9H2,1H3. The molecule has 1 heterocycles. The number of hydrogen-bond acceptors (Lipinski definition) is 6. The van der Waals surface area contributed by atoms with E-state index in [-0.39, 0.29) is 24.0 Å². The van der Waals surface area contributed by atoms with Crippen molar-refractivity contribution in [1.29, 1.82) is 0 Å². The fraction of sp³-hybridized carbons (Fsp3) is 0.571. The first-order valence-corrected chi connectivity index (χ1v) is 11.0. The van der Waals surface area contributed by atoms with Crippen LogP contribution in [0.2, 0.25) is 0 Å². The van der Waals surface area contributed by atoms with Crippen LogP contribution >= 0.6 is 0 Å². The van der Waals surface area contributed by atoms with E-state index in [1.165, 1.54) is 16.4 Å². The minimum atomic E-state index is -3.75. The maximum absolute atomic E-state index is 12.4. The molecule has 1 fully saturated rings. The first-order valence-electron chi connectivity index (χ1n) is 7.63. The van der Waals surface area contributed by atoms with Crippen molar-refractivity contribution in [1.82, 2.24) is 9.03 Å². The fourth-order valence-electron chi connectivity index (χ4n) is 2.55. The van der Waals surface area contributed by atoms with Gasteiger partial charge in [-0.05, 0) is 25.0 Å². The number of ether oxygens (including phenoxy) is 2. The van der Waals surface area contributed by atoms with Gasteiger partial charge in [0.25, 0.3) is 0 Å². The average Bonchev–Trinajstić information content (AvgIpc) is 3.34. The molecule has 0 unspecified atom stereocenters. The predicted octanol–water partition coefficient (Wildman–Crippen LogP) is 0.160. The monoisotopic (exact) mass is 376 g/mol. The van der Waals surface area contributed by atoms with Gasteiger partial charge in [-0.25, -0.2) is 21.6 Å². The van der Waals surface area contributed by atoms with E-state index in [1.54, 1.807) is 6.07 Å². The van der Waals surface area contributed by atoms with E-state index < -0.39 is 20.0 Å². The van der Waals surface area contributed by atoms with Gasteiger partial charge < -0.3 is 9.47 Å². The molecule has 0 aromatic heterocycles. The van der Waals surface area contributed by atoms with Gasteiger partial charge in [0.05, 0.1) is 11.2 Å². The quantitative estimate of drug-likeness (QED) is 0.727. The highest BCUT2D eigenvalue weighted by Gasteiger charge is 2.34. The molecule has 1 N–H and O–H groups in total. The molecule has 8 nitrogen and oxygen atoms in total. The van der Waals surface area contributed by atoms with Crippen LogP contribution in [0.4, 0.5) is 0 Å². The van der Waals surface area contributed by atoms with Gasteiger partial charge >= 0.3 is 0 Å². The Labute approximate surface area is 141 Å². The van der Waals surface area contributed by atoms with E-state index in [2.05, 4.69) is 4.72 Å². The summed E-state index contributed by atoms with van der Waals surface area (Å²) in [5.74, 6) is 0.900. The average molecular weight is 376 g/mol. The number of sulfonamides is 2. The summed E-state index contributed by atoms with van der Waals surface area (Å²) in [5, 5.41) is 0. The summed E-state index contributed by atoms with van der Waals surface area (Å²) in [5.41, 5.74) is 0. The Morgan fingerprint density at radius 1 is 1.12 bits per heavy atom. The zero-order valence-corrected chi connectivity index (χ0v) is 14.9. The molecule has 24 heavy (non-hydrogen) atoms. The van der Waals surface area contributed by atoms with Crippen LogP contribution in [-0.2, 0) is 20.0 Å². The molecule has 0 spiro atoms. The molecule has 0 atom stereocenters. The van der Waals surface area contributed by atoms with Crippen LogP contribution < -0.4 is 14.2 Å². The van der Waals surface area contributed by atoms with Gasteiger partial charge in [-0.3, -0.25) is 0 Å². The van der Waals surface area contributed by atoms with Crippen LogP contribution in [0.3, 0.4) is 0 Å². The molecule has 1 aliphatic heterocycles. The lowest BCUT2D eigenvalue weighted by atomic mass is 10.3. The Balaban J connectivity index is 1.66. The van der Waals surface area contributed by atoms with Gasteiger partial charge in [0.2, 0.25) is 20.0 Å². The van der Waals surface area contributed by atoms with E-state index in [9.17, 15) is 16.8 Å². The van der Waals surface area contributed by atoms with Crippen molar-refractivity contribution in [2.45, 2.75) is 23.8 Å². The minimum absolute atomic E-state index is 0.00111. The summed E-state index contributed by atoms with van der Waals surface area (Å²) >= 11 is 0. The second kappa shape index (κ2) is 6.51. The summed E-state index contributed by atoms with van der Waals surface area (Å²) in [6.07, 6.45) is 2.78. The van der Waals surface area contributed by atoms with Crippen LogP contribution in [0.1, 0.15) is 12.8 Å². The first kappa shape index (κ1) is 17.5. The number of hydrogen-bond donors (Lipinski definition) is 1. The smallest absolute Gasteiger partial charge is 0.240 e. The molecule has 1 aliphatic carbocycles. The second-order valence-electron chi connectivity index (χ2n) is 5.81. The third-order valence-corrected chi connectivity index (χ3v) is 6.62. The van der Waals surface area contributed by atoms with Crippen molar-refractivity contribution < 1.29 is 26.3 Å². The van der Waals surface area contributed by atoms with E-state index in [0.29, 0.717) is 24.7 Å². The van der Waals surface area contributed by atoms with E-state index >= 15 is 0 Å². The van der Waals surface area contributed by atoms with Crippen LogP contribution in [-0.4, -0.2) is 59.7 Å². The molecular weight excluding hydrogens is 356 g/mol. The van der Waals surface area contributed by atoms with Gasteiger partial charge in [-0.1, -0.05) is 0 Å². The molecule has 0 bridgehead atoms. The highest BCUT2D eigenvalue weighted by molar-refractivity contribution is 7.89. The van der Waals surface area contributed by atoms with Crippen molar-refractivity contribution in [3.8, 4) is 11.5 Å². The second-order valence-corrected chi connectivity index (χ2v) is 9.51. The summed E-state index contributed by atoms with van der Waals surface area (Å²) in [6.45, 7) is 0.933. The van der Waals surface area contributed by atoms with Gasteiger partial charge in [0.15, 0.2) is 11.5 Å². The van der Waals surface area contributed by atoms with Crippen molar-refractivity contribution in [3.05, 3.63) is 18.2 Å². The molecule has 10 heteroatoms. The van der Waals surface area contributed by atoms with Crippen LogP contribution in [0.25, 0.3) is 0 Å². The van der Waals surface area contributed by atoms with E-state index in [1.807, 2.05) is 0 Å². The third kappa shape index (κ3) is 4.00. The number of fused-ring (bicyclic) bond motifs is 1. The fourth-order valence-corrected chi connectivity index (χ4v) is 4.76. The number of nitrogens with zero attached hydrogens (tertiary/aromatic N) is 1. The molecule has 2 aliphatic rings. The van der Waals surface area contributed by atoms with Gasteiger partial charge in [0, 0.05) is 25.2 Å².